The van der Waals surface area contributed by atoms with E-state index in [1.807, 2.05) is 6.92 Å². The smallest absolute Gasteiger partial charge is 0.261 e. The molecule has 0 unspecified atom stereocenters. The van der Waals surface area contributed by atoms with Crippen LogP contribution in [-0.2, 0) is 0 Å². The minimum atomic E-state index is 0.591. The van der Waals surface area contributed by atoms with E-state index in [1.54, 1.807) is 18.7 Å². The fourth-order valence-corrected chi connectivity index (χ4v) is 1.92. The summed E-state index contributed by atoms with van der Waals surface area (Å²) < 4.78 is 5.18. The van der Waals surface area contributed by atoms with Crippen LogP contribution in [0.2, 0.25) is 0 Å². The Hall–Kier alpha value is -1.56. The molecule has 0 aromatic carbocycles. The second-order valence-electron chi connectivity index (χ2n) is 3.51. The summed E-state index contributed by atoms with van der Waals surface area (Å²) in [5.41, 5.74) is 1.01. The first-order valence-corrected chi connectivity index (χ1v) is 6.26. The Kier molecular flexibility index (Phi) is 3.98. The van der Waals surface area contributed by atoms with Crippen molar-refractivity contribution in [2.75, 3.05) is 11.9 Å². The van der Waals surface area contributed by atoms with E-state index in [2.05, 4.69) is 27.2 Å². The monoisotopic (exact) mass is 250 g/mol. The van der Waals surface area contributed by atoms with Crippen molar-refractivity contribution in [1.82, 2.24) is 15.0 Å². The van der Waals surface area contributed by atoms with Crippen LogP contribution in [0, 0.1) is 6.92 Å². The second-order valence-corrected chi connectivity index (χ2v) is 4.45. The zero-order valence-electron chi connectivity index (χ0n) is 9.80. The maximum absolute atomic E-state index is 5.18. The first-order valence-electron chi connectivity index (χ1n) is 5.44. The molecule has 2 aromatic rings. The van der Waals surface area contributed by atoms with Gasteiger partial charge in [-0.3, -0.25) is 0 Å². The Balaban J connectivity index is 2.14. The normalized spacial score (nSPS) is 10.5. The number of hydrogen-bond acceptors (Lipinski definition) is 6. The number of hydrogen-bond donors (Lipinski definition) is 1. The van der Waals surface area contributed by atoms with Crippen molar-refractivity contribution in [3.8, 4) is 0 Å². The van der Waals surface area contributed by atoms with Gasteiger partial charge in [0, 0.05) is 18.3 Å². The van der Waals surface area contributed by atoms with E-state index in [0.29, 0.717) is 11.2 Å². The highest BCUT2D eigenvalue weighted by Crippen LogP contribution is 2.27. The van der Waals surface area contributed by atoms with Crippen molar-refractivity contribution >= 4 is 17.7 Å². The molecule has 5 nitrogen and oxygen atoms in total. The molecule has 6 heteroatoms. The summed E-state index contributed by atoms with van der Waals surface area (Å²) in [6.07, 6.45) is 6.01. The molecule has 0 saturated heterocycles. The number of aromatic nitrogens is 3. The summed E-state index contributed by atoms with van der Waals surface area (Å²) in [5.74, 6) is 0.645. The first kappa shape index (κ1) is 11.9. The van der Waals surface area contributed by atoms with Gasteiger partial charge >= 0.3 is 0 Å². The molecule has 0 bridgehead atoms. The van der Waals surface area contributed by atoms with Gasteiger partial charge in [0.15, 0.2) is 0 Å². The van der Waals surface area contributed by atoms with Gasteiger partial charge in [-0.25, -0.2) is 15.0 Å². The number of nitrogens with zero attached hydrogens (tertiary/aromatic N) is 3. The van der Waals surface area contributed by atoms with Crippen molar-refractivity contribution in [3.63, 3.8) is 0 Å². The molecule has 1 N–H and O–H groups in total. The molecule has 0 spiro atoms. The van der Waals surface area contributed by atoms with Gasteiger partial charge in [-0.15, -0.1) is 0 Å². The lowest BCUT2D eigenvalue weighted by molar-refractivity contribution is 0.454. The third-order valence-electron chi connectivity index (χ3n) is 2.05. The predicted molar refractivity (Wildman–Crippen MR) is 66.2 cm³/mol. The molecule has 90 valence electrons. The van der Waals surface area contributed by atoms with Crippen LogP contribution in [0.25, 0.3) is 0 Å². The molecule has 0 aliphatic rings. The zero-order chi connectivity index (χ0) is 12.1. The lowest BCUT2D eigenvalue weighted by Crippen LogP contribution is -2.05. The number of aryl methyl sites for hydroxylation is 1. The summed E-state index contributed by atoms with van der Waals surface area (Å²) in [5, 5.41) is 4.61. The summed E-state index contributed by atoms with van der Waals surface area (Å²) >= 11 is 1.40. The molecule has 0 saturated carbocycles. The highest BCUT2D eigenvalue weighted by atomic mass is 32.2. The van der Waals surface area contributed by atoms with Gasteiger partial charge in [0.25, 0.3) is 5.22 Å². The third-order valence-corrected chi connectivity index (χ3v) is 3.03. The molecular weight excluding hydrogens is 236 g/mol. The maximum atomic E-state index is 5.18. The number of rotatable bonds is 5. The largest absolute Gasteiger partial charge is 0.440 e. The van der Waals surface area contributed by atoms with Gasteiger partial charge in [-0.1, -0.05) is 6.92 Å². The zero-order valence-corrected chi connectivity index (χ0v) is 10.6. The Morgan fingerprint density at radius 1 is 1.41 bits per heavy atom. The third kappa shape index (κ3) is 3.20. The van der Waals surface area contributed by atoms with Gasteiger partial charge in [-0.2, -0.15) is 0 Å². The SMILES string of the molecule is CCCNc1ncc(C)c(Sc2ncco2)n1. The molecule has 0 amide bonds. The van der Waals surface area contributed by atoms with Crippen molar-refractivity contribution in [3.05, 3.63) is 24.2 Å². The average molecular weight is 250 g/mol. The second kappa shape index (κ2) is 5.67. The summed E-state index contributed by atoms with van der Waals surface area (Å²) in [4.78, 5) is 12.7. The number of oxazole rings is 1. The van der Waals surface area contributed by atoms with Crippen molar-refractivity contribution < 1.29 is 4.42 Å². The number of anilines is 1. The average Bonchev–Trinajstić information content (AvgIpc) is 2.83. The van der Waals surface area contributed by atoms with Crippen LogP contribution >= 0.6 is 11.8 Å². The fourth-order valence-electron chi connectivity index (χ4n) is 1.20. The lowest BCUT2D eigenvalue weighted by atomic mass is 10.4. The van der Waals surface area contributed by atoms with Gasteiger partial charge < -0.3 is 9.73 Å². The van der Waals surface area contributed by atoms with Gasteiger partial charge in [-0.05, 0) is 25.1 Å². The molecule has 2 aromatic heterocycles. The summed E-state index contributed by atoms with van der Waals surface area (Å²) in [6, 6.07) is 0. The quantitative estimate of drug-likeness (QED) is 0.823. The predicted octanol–water partition coefficient (Wildman–Crippen LogP) is 2.75. The molecule has 2 heterocycles. The Labute approximate surface area is 104 Å². The maximum Gasteiger partial charge on any atom is 0.261 e. The summed E-state index contributed by atoms with van der Waals surface area (Å²) in [7, 11) is 0. The van der Waals surface area contributed by atoms with Gasteiger partial charge in [0.1, 0.15) is 11.3 Å². The minimum absolute atomic E-state index is 0.591. The molecule has 0 aliphatic carbocycles. The molecule has 17 heavy (non-hydrogen) atoms. The van der Waals surface area contributed by atoms with E-state index in [-0.39, 0.29) is 0 Å². The van der Waals surface area contributed by atoms with Crippen LogP contribution in [-0.4, -0.2) is 21.5 Å². The van der Waals surface area contributed by atoms with E-state index in [0.717, 1.165) is 23.6 Å². The molecule has 0 radical (unpaired) electrons. The molecule has 2 rings (SSSR count). The minimum Gasteiger partial charge on any atom is -0.440 e. The molecule has 0 fully saturated rings. The van der Waals surface area contributed by atoms with Crippen LogP contribution in [0.3, 0.4) is 0 Å². The van der Waals surface area contributed by atoms with Crippen LogP contribution in [0.4, 0.5) is 5.95 Å². The Bertz CT molecular complexity index is 472. The van der Waals surface area contributed by atoms with E-state index >= 15 is 0 Å². The molecule has 0 atom stereocenters. The van der Waals surface area contributed by atoms with Crippen LogP contribution in [0.15, 0.2) is 33.3 Å². The van der Waals surface area contributed by atoms with Crippen molar-refractivity contribution in [2.45, 2.75) is 30.5 Å². The highest BCUT2D eigenvalue weighted by Gasteiger charge is 2.08. The van der Waals surface area contributed by atoms with Gasteiger partial charge in [0.2, 0.25) is 5.95 Å². The van der Waals surface area contributed by atoms with Crippen LogP contribution < -0.4 is 5.32 Å². The van der Waals surface area contributed by atoms with E-state index in [9.17, 15) is 0 Å². The molecular formula is C11H14N4OS. The first-order chi connectivity index (χ1) is 8.29. The van der Waals surface area contributed by atoms with Gasteiger partial charge in [0.05, 0.1) is 6.20 Å². The highest BCUT2D eigenvalue weighted by molar-refractivity contribution is 7.99. The fraction of sp³-hybridized carbons (Fsp3) is 0.364. The lowest BCUT2D eigenvalue weighted by Gasteiger charge is -2.06. The van der Waals surface area contributed by atoms with E-state index in [1.165, 1.54) is 11.8 Å². The Morgan fingerprint density at radius 3 is 3.00 bits per heavy atom. The van der Waals surface area contributed by atoms with Crippen molar-refractivity contribution in [2.24, 2.45) is 0 Å². The van der Waals surface area contributed by atoms with Crippen molar-refractivity contribution in [1.29, 1.82) is 0 Å². The summed E-state index contributed by atoms with van der Waals surface area (Å²) in [6.45, 7) is 4.94. The molecule has 0 aliphatic heterocycles. The number of nitrogens with one attached hydrogen (secondary N) is 1. The van der Waals surface area contributed by atoms with Crippen LogP contribution in [0.1, 0.15) is 18.9 Å². The van der Waals surface area contributed by atoms with E-state index < -0.39 is 0 Å². The Morgan fingerprint density at radius 2 is 2.29 bits per heavy atom. The topological polar surface area (TPSA) is 63.8 Å². The van der Waals surface area contributed by atoms with E-state index in [4.69, 9.17) is 4.42 Å². The van der Waals surface area contributed by atoms with Crippen LogP contribution in [0.5, 0.6) is 0 Å². The standard InChI is InChI=1S/C11H14N4OS/c1-3-4-12-10-14-7-8(2)9(15-10)17-11-13-5-6-16-11/h5-7H,3-4H2,1-2H3,(H,12,14,15).